The van der Waals surface area contributed by atoms with Crippen LogP contribution in [0.5, 0.6) is 5.75 Å². The molecule has 0 aliphatic heterocycles. The largest absolute Gasteiger partial charge is 0.489 e. The third-order valence-corrected chi connectivity index (χ3v) is 3.23. The molecule has 104 valence electrons. The van der Waals surface area contributed by atoms with Crippen LogP contribution >= 0.6 is 11.6 Å². The van der Waals surface area contributed by atoms with Crippen LogP contribution in [0, 0.1) is 0 Å². The summed E-state index contributed by atoms with van der Waals surface area (Å²) in [6.45, 7) is 0.625. The van der Waals surface area contributed by atoms with E-state index in [1.165, 1.54) is 0 Å². The van der Waals surface area contributed by atoms with Crippen molar-refractivity contribution in [1.29, 1.82) is 0 Å². The summed E-state index contributed by atoms with van der Waals surface area (Å²) in [6.07, 6.45) is 0. The molecule has 20 heavy (non-hydrogen) atoms. The first-order valence-corrected chi connectivity index (χ1v) is 6.42. The Morgan fingerprint density at radius 1 is 1.20 bits per heavy atom. The van der Waals surface area contributed by atoms with Crippen molar-refractivity contribution in [3.05, 3.63) is 64.2 Å². The van der Waals surface area contributed by atoms with Crippen LogP contribution in [-0.2, 0) is 13.2 Å². The van der Waals surface area contributed by atoms with Gasteiger partial charge in [0.2, 0.25) is 0 Å². The average Bonchev–Trinajstić information content (AvgIpc) is 2.45. The van der Waals surface area contributed by atoms with Gasteiger partial charge in [0.1, 0.15) is 12.4 Å². The zero-order chi connectivity index (χ0) is 14.5. The van der Waals surface area contributed by atoms with E-state index >= 15 is 0 Å². The van der Waals surface area contributed by atoms with Gasteiger partial charge in [0, 0.05) is 17.1 Å². The van der Waals surface area contributed by atoms with E-state index in [1.54, 1.807) is 42.5 Å². The molecular formula is C15H14ClNO3. The van der Waals surface area contributed by atoms with Crippen LogP contribution in [0.1, 0.15) is 21.5 Å². The number of halogens is 1. The van der Waals surface area contributed by atoms with Gasteiger partial charge in [-0.05, 0) is 29.8 Å². The summed E-state index contributed by atoms with van der Waals surface area (Å²) in [7, 11) is 0. The molecule has 0 aliphatic carbocycles. The zero-order valence-electron chi connectivity index (χ0n) is 10.7. The van der Waals surface area contributed by atoms with E-state index in [0.717, 1.165) is 11.1 Å². The molecule has 0 unspecified atom stereocenters. The molecule has 0 bridgehead atoms. The van der Waals surface area contributed by atoms with Crippen LogP contribution in [0.2, 0.25) is 5.02 Å². The SMILES string of the molecule is NCc1c(Cl)cccc1OCc1ccc(C(=O)O)cc1. The molecule has 5 heteroatoms. The van der Waals surface area contributed by atoms with Gasteiger partial charge >= 0.3 is 5.97 Å². The molecule has 0 aromatic heterocycles. The van der Waals surface area contributed by atoms with E-state index < -0.39 is 5.97 Å². The van der Waals surface area contributed by atoms with Crippen LogP contribution in [0.4, 0.5) is 0 Å². The summed E-state index contributed by atoms with van der Waals surface area (Å²) in [5.74, 6) is -0.306. The normalized spacial score (nSPS) is 10.3. The number of hydrogen-bond donors (Lipinski definition) is 2. The summed E-state index contributed by atoms with van der Waals surface area (Å²) >= 11 is 6.04. The van der Waals surface area contributed by atoms with Gasteiger partial charge in [-0.3, -0.25) is 0 Å². The van der Waals surface area contributed by atoms with Crippen molar-refractivity contribution in [3.8, 4) is 5.75 Å². The first kappa shape index (κ1) is 14.4. The number of carboxylic acids is 1. The van der Waals surface area contributed by atoms with Crippen LogP contribution in [0.3, 0.4) is 0 Å². The minimum absolute atomic E-state index is 0.249. The minimum atomic E-state index is -0.947. The highest BCUT2D eigenvalue weighted by Crippen LogP contribution is 2.26. The second-order valence-corrected chi connectivity index (χ2v) is 4.62. The van der Waals surface area contributed by atoms with Crippen LogP contribution in [0.25, 0.3) is 0 Å². The van der Waals surface area contributed by atoms with Crippen molar-refractivity contribution in [1.82, 2.24) is 0 Å². The third-order valence-electron chi connectivity index (χ3n) is 2.88. The highest BCUT2D eigenvalue weighted by Gasteiger charge is 2.07. The van der Waals surface area contributed by atoms with Crippen molar-refractivity contribution in [3.63, 3.8) is 0 Å². The van der Waals surface area contributed by atoms with E-state index in [9.17, 15) is 4.79 Å². The zero-order valence-corrected chi connectivity index (χ0v) is 11.4. The van der Waals surface area contributed by atoms with Gasteiger partial charge in [-0.15, -0.1) is 0 Å². The molecule has 3 N–H and O–H groups in total. The molecular weight excluding hydrogens is 278 g/mol. The van der Waals surface area contributed by atoms with E-state index in [4.69, 9.17) is 27.2 Å². The van der Waals surface area contributed by atoms with Gasteiger partial charge in [0.25, 0.3) is 0 Å². The molecule has 4 nitrogen and oxygen atoms in total. The first-order valence-electron chi connectivity index (χ1n) is 6.04. The lowest BCUT2D eigenvalue weighted by atomic mass is 10.1. The smallest absolute Gasteiger partial charge is 0.335 e. The van der Waals surface area contributed by atoms with Crippen molar-refractivity contribution >= 4 is 17.6 Å². The average molecular weight is 292 g/mol. The number of aromatic carboxylic acids is 1. The third kappa shape index (κ3) is 3.29. The molecule has 0 radical (unpaired) electrons. The Labute approximate surface area is 121 Å². The monoisotopic (exact) mass is 291 g/mol. The molecule has 2 aromatic rings. The van der Waals surface area contributed by atoms with Crippen molar-refractivity contribution < 1.29 is 14.6 Å². The Bertz CT molecular complexity index is 611. The molecule has 0 fully saturated rings. The number of benzene rings is 2. The second kappa shape index (κ2) is 6.41. The second-order valence-electron chi connectivity index (χ2n) is 4.21. The van der Waals surface area contributed by atoms with Gasteiger partial charge in [-0.1, -0.05) is 29.8 Å². The Kier molecular flexibility index (Phi) is 4.61. The molecule has 0 spiro atoms. The lowest BCUT2D eigenvalue weighted by Crippen LogP contribution is -2.04. The summed E-state index contributed by atoms with van der Waals surface area (Å²) in [5.41, 5.74) is 7.53. The number of carboxylic acid groups (broad SMARTS) is 1. The number of carbonyl (C=O) groups is 1. The van der Waals surface area contributed by atoms with Gasteiger partial charge in [0.15, 0.2) is 0 Å². The maximum absolute atomic E-state index is 10.8. The van der Waals surface area contributed by atoms with Crippen LogP contribution < -0.4 is 10.5 Å². The molecule has 0 heterocycles. The summed E-state index contributed by atoms with van der Waals surface area (Å²) in [6, 6.07) is 11.9. The van der Waals surface area contributed by atoms with Crippen molar-refractivity contribution in [2.45, 2.75) is 13.2 Å². The van der Waals surface area contributed by atoms with Crippen LogP contribution in [-0.4, -0.2) is 11.1 Å². The summed E-state index contributed by atoms with van der Waals surface area (Å²) < 4.78 is 5.68. The molecule has 0 aliphatic rings. The fourth-order valence-electron chi connectivity index (χ4n) is 1.78. The Morgan fingerprint density at radius 3 is 2.50 bits per heavy atom. The Hall–Kier alpha value is -2.04. The van der Waals surface area contributed by atoms with Gasteiger partial charge in [0.05, 0.1) is 5.56 Å². The minimum Gasteiger partial charge on any atom is -0.489 e. The predicted octanol–water partition coefficient (Wildman–Crippen LogP) is 3.08. The highest BCUT2D eigenvalue weighted by molar-refractivity contribution is 6.31. The Morgan fingerprint density at radius 2 is 1.90 bits per heavy atom. The number of rotatable bonds is 5. The van der Waals surface area contributed by atoms with Crippen molar-refractivity contribution in [2.24, 2.45) is 5.73 Å². The number of ether oxygens (including phenoxy) is 1. The highest BCUT2D eigenvalue weighted by atomic mass is 35.5. The fourth-order valence-corrected chi connectivity index (χ4v) is 2.02. The van der Waals surface area contributed by atoms with Crippen LogP contribution in [0.15, 0.2) is 42.5 Å². The lowest BCUT2D eigenvalue weighted by Gasteiger charge is -2.11. The maximum Gasteiger partial charge on any atom is 0.335 e. The molecule has 2 rings (SSSR count). The maximum atomic E-state index is 10.8. The van der Waals surface area contributed by atoms with Gasteiger partial charge < -0.3 is 15.6 Å². The molecule has 0 saturated carbocycles. The van der Waals surface area contributed by atoms with Crippen molar-refractivity contribution in [2.75, 3.05) is 0 Å². The quantitative estimate of drug-likeness (QED) is 0.888. The number of hydrogen-bond acceptors (Lipinski definition) is 3. The molecule has 0 saturated heterocycles. The fraction of sp³-hybridized carbons (Fsp3) is 0.133. The van der Waals surface area contributed by atoms with Gasteiger partial charge in [-0.2, -0.15) is 0 Å². The standard InChI is InChI=1S/C15H14ClNO3/c16-13-2-1-3-14(12(13)8-17)20-9-10-4-6-11(7-5-10)15(18)19/h1-7H,8-9,17H2,(H,18,19). The predicted molar refractivity (Wildman–Crippen MR) is 77.1 cm³/mol. The molecule has 2 aromatic carbocycles. The molecule has 0 amide bonds. The van der Waals surface area contributed by atoms with E-state index in [1.807, 2.05) is 0 Å². The Balaban J connectivity index is 2.09. The lowest BCUT2D eigenvalue weighted by molar-refractivity contribution is 0.0697. The van der Waals surface area contributed by atoms with E-state index in [-0.39, 0.29) is 5.56 Å². The van der Waals surface area contributed by atoms with E-state index in [0.29, 0.717) is 23.9 Å². The van der Waals surface area contributed by atoms with Gasteiger partial charge in [-0.25, -0.2) is 4.79 Å². The number of nitrogens with two attached hydrogens (primary N) is 1. The first-order chi connectivity index (χ1) is 9.61. The molecule has 0 atom stereocenters. The van der Waals surface area contributed by atoms with E-state index in [2.05, 4.69) is 0 Å². The topological polar surface area (TPSA) is 72.5 Å². The summed E-state index contributed by atoms with van der Waals surface area (Å²) in [5, 5.41) is 9.40. The summed E-state index contributed by atoms with van der Waals surface area (Å²) in [4.78, 5) is 10.8.